The Bertz CT molecular complexity index is 960. The van der Waals surface area contributed by atoms with Crippen LogP contribution < -0.4 is 18.9 Å². The average molecular weight is 410 g/mol. The summed E-state index contributed by atoms with van der Waals surface area (Å²) in [6.45, 7) is 5.02. The molecule has 0 saturated heterocycles. The number of nitro groups is 1. The molecule has 0 radical (unpaired) electrons. The molecule has 2 rings (SSSR count). The summed E-state index contributed by atoms with van der Waals surface area (Å²) in [6.07, 6.45) is 0. The maximum absolute atomic E-state index is 12.5. The molecule has 152 valence electrons. The molecule has 0 bridgehead atoms. The van der Waals surface area contributed by atoms with Crippen LogP contribution in [-0.2, 0) is 10.0 Å². The number of nitro benzene ring substituents is 1. The van der Waals surface area contributed by atoms with Crippen molar-refractivity contribution in [2.45, 2.75) is 31.2 Å². The number of nitrogens with zero attached hydrogens (tertiary/aromatic N) is 1. The van der Waals surface area contributed by atoms with Crippen molar-refractivity contribution in [1.82, 2.24) is 4.72 Å². The number of rotatable bonds is 7. The summed E-state index contributed by atoms with van der Waals surface area (Å²) in [5, 5.41) is 11.5. The molecule has 2 aromatic carbocycles. The van der Waals surface area contributed by atoms with E-state index in [1.165, 1.54) is 38.5 Å². The molecule has 2 aromatic rings. The number of methoxy groups -OCH3 is 2. The Hall–Kier alpha value is -2.85. The third kappa shape index (κ3) is 5.33. The van der Waals surface area contributed by atoms with Crippen LogP contribution in [0.2, 0.25) is 0 Å². The van der Waals surface area contributed by atoms with Gasteiger partial charge in [0.25, 0.3) is 0 Å². The minimum absolute atomic E-state index is 0.116. The second kappa shape index (κ2) is 8.03. The van der Waals surface area contributed by atoms with Gasteiger partial charge in [-0.15, -0.1) is 0 Å². The van der Waals surface area contributed by atoms with Gasteiger partial charge in [0, 0.05) is 29.8 Å². The molecular weight excluding hydrogens is 388 g/mol. The predicted octanol–water partition coefficient (Wildman–Crippen LogP) is 3.48. The largest absolute Gasteiger partial charge is 0.496 e. The highest BCUT2D eigenvalue weighted by atomic mass is 32.2. The minimum Gasteiger partial charge on any atom is -0.496 e. The van der Waals surface area contributed by atoms with Crippen molar-refractivity contribution >= 4 is 15.7 Å². The monoisotopic (exact) mass is 410 g/mol. The molecule has 10 heteroatoms. The van der Waals surface area contributed by atoms with Gasteiger partial charge in [0.2, 0.25) is 15.8 Å². The summed E-state index contributed by atoms with van der Waals surface area (Å²) in [6, 6.07) is 8.11. The molecule has 0 saturated carbocycles. The highest BCUT2D eigenvalue weighted by molar-refractivity contribution is 7.89. The van der Waals surface area contributed by atoms with Gasteiger partial charge in [-0.1, -0.05) is 0 Å². The molecule has 0 aliphatic rings. The van der Waals surface area contributed by atoms with Crippen LogP contribution in [0.1, 0.15) is 20.8 Å². The molecular formula is C18H22N2O7S. The van der Waals surface area contributed by atoms with Crippen molar-refractivity contribution in [2.24, 2.45) is 0 Å². The predicted molar refractivity (Wildman–Crippen MR) is 103 cm³/mol. The molecule has 0 spiro atoms. The first kappa shape index (κ1) is 21.5. The highest BCUT2D eigenvalue weighted by Crippen LogP contribution is 2.36. The molecule has 0 aromatic heterocycles. The number of sulfonamides is 1. The van der Waals surface area contributed by atoms with Crippen molar-refractivity contribution in [3.05, 3.63) is 46.5 Å². The third-order valence-corrected chi connectivity index (χ3v) is 5.19. The van der Waals surface area contributed by atoms with Gasteiger partial charge < -0.3 is 14.2 Å². The Balaban J connectivity index is 2.46. The van der Waals surface area contributed by atoms with Gasteiger partial charge in [-0.2, -0.15) is 0 Å². The Kier molecular flexibility index (Phi) is 6.15. The second-order valence-electron chi connectivity index (χ2n) is 6.89. The number of benzene rings is 2. The van der Waals surface area contributed by atoms with E-state index in [-0.39, 0.29) is 16.4 Å². The fourth-order valence-electron chi connectivity index (χ4n) is 2.32. The summed E-state index contributed by atoms with van der Waals surface area (Å²) >= 11 is 0. The average Bonchev–Trinajstić information content (AvgIpc) is 2.59. The number of nitrogens with one attached hydrogen (secondary N) is 1. The van der Waals surface area contributed by atoms with Gasteiger partial charge in [0.05, 0.1) is 24.0 Å². The second-order valence-corrected chi connectivity index (χ2v) is 8.57. The van der Waals surface area contributed by atoms with Crippen LogP contribution >= 0.6 is 0 Å². The highest BCUT2D eigenvalue weighted by Gasteiger charge is 2.26. The summed E-state index contributed by atoms with van der Waals surface area (Å²) in [5.41, 5.74) is -1.22. The van der Waals surface area contributed by atoms with E-state index in [1.54, 1.807) is 26.8 Å². The van der Waals surface area contributed by atoms with Gasteiger partial charge in [-0.3, -0.25) is 10.1 Å². The zero-order chi connectivity index (χ0) is 21.1. The van der Waals surface area contributed by atoms with Crippen molar-refractivity contribution in [1.29, 1.82) is 0 Å². The number of hydrogen-bond acceptors (Lipinski definition) is 7. The van der Waals surface area contributed by atoms with Crippen molar-refractivity contribution in [3.63, 3.8) is 0 Å². The summed E-state index contributed by atoms with van der Waals surface area (Å²) < 4.78 is 43.2. The van der Waals surface area contributed by atoms with Crippen LogP contribution in [0.15, 0.2) is 41.3 Å². The molecule has 9 nitrogen and oxygen atoms in total. The maximum atomic E-state index is 12.5. The lowest BCUT2D eigenvalue weighted by Gasteiger charge is -2.20. The fourth-order valence-corrected chi connectivity index (χ4v) is 3.76. The first-order valence-electron chi connectivity index (χ1n) is 8.18. The van der Waals surface area contributed by atoms with Crippen LogP contribution in [0.3, 0.4) is 0 Å². The molecule has 0 aliphatic carbocycles. The van der Waals surface area contributed by atoms with Gasteiger partial charge >= 0.3 is 5.69 Å². The Morgan fingerprint density at radius 2 is 1.50 bits per heavy atom. The van der Waals surface area contributed by atoms with Crippen molar-refractivity contribution in [2.75, 3.05) is 14.2 Å². The first-order valence-corrected chi connectivity index (χ1v) is 9.67. The Morgan fingerprint density at radius 1 is 0.964 bits per heavy atom. The lowest BCUT2D eigenvalue weighted by atomic mass is 10.1. The Labute approximate surface area is 163 Å². The van der Waals surface area contributed by atoms with Crippen LogP contribution in [0, 0.1) is 10.1 Å². The third-order valence-electron chi connectivity index (χ3n) is 3.43. The lowest BCUT2D eigenvalue weighted by Crippen LogP contribution is -2.40. The minimum atomic E-state index is -3.93. The number of hydrogen-bond donors (Lipinski definition) is 1. The topological polar surface area (TPSA) is 117 Å². The molecule has 0 atom stereocenters. The summed E-state index contributed by atoms with van der Waals surface area (Å²) in [4.78, 5) is 10.5. The van der Waals surface area contributed by atoms with E-state index in [0.717, 1.165) is 6.07 Å². The van der Waals surface area contributed by atoms with E-state index in [0.29, 0.717) is 11.5 Å². The molecule has 0 aliphatic heterocycles. The molecule has 1 N–H and O–H groups in total. The van der Waals surface area contributed by atoms with Gasteiger partial charge in [0.1, 0.15) is 17.2 Å². The summed E-state index contributed by atoms with van der Waals surface area (Å²) in [7, 11) is -1.01. The van der Waals surface area contributed by atoms with Crippen molar-refractivity contribution in [3.8, 4) is 23.0 Å². The van der Waals surface area contributed by atoms with Crippen LogP contribution in [0.5, 0.6) is 23.0 Å². The van der Waals surface area contributed by atoms with Gasteiger partial charge in [0.15, 0.2) is 0 Å². The van der Waals surface area contributed by atoms with Crippen LogP contribution in [-0.4, -0.2) is 33.1 Å². The zero-order valence-corrected chi connectivity index (χ0v) is 17.0. The first-order chi connectivity index (χ1) is 12.9. The molecule has 0 amide bonds. The zero-order valence-electron chi connectivity index (χ0n) is 16.2. The normalized spacial score (nSPS) is 11.8. The van der Waals surface area contributed by atoms with Crippen LogP contribution in [0.4, 0.5) is 5.69 Å². The van der Waals surface area contributed by atoms with Gasteiger partial charge in [-0.25, -0.2) is 13.1 Å². The maximum Gasteiger partial charge on any atom is 0.312 e. The van der Waals surface area contributed by atoms with Crippen molar-refractivity contribution < 1.29 is 27.6 Å². The molecule has 28 heavy (non-hydrogen) atoms. The van der Waals surface area contributed by atoms with E-state index in [1.807, 2.05) is 0 Å². The van der Waals surface area contributed by atoms with E-state index < -0.39 is 26.2 Å². The van der Waals surface area contributed by atoms with Crippen LogP contribution in [0.25, 0.3) is 0 Å². The molecule has 0 fully saturated rings. The number of ether oxygens (including phenoxy) is 3. The smallest absolute Gasteiger partial charge is 0.312 e. The standard InChI is InChI=1S/C18H22N2O7S/c1-18(2,3)19-28(23,24)15-6-7-17(16(11-15)20(21)22)27-14-9-12(25-4)8-13(10-14)26-5/h6-11,19H,1-5H3. The molecule has 0 unspecified atom stereocenters. The van der Waals surface area contributed by atoms with E-state index in [4.69, 9.17) is 14.2 Å². The van der Waals surface area contributed by atoms with E-state index in [2.05, 4.69) is 4.72 Å². The quantitative estimate of drug-likeness (QED) is 0.548. The lowest BCUT2D eigenvalue weighted by molar-refractivity contribution is -0.385. The Morgan fingerprint density at radius 3 is 1.96 bits per heavy atom. The summed E-state index contributed by atoms with van der Waals surface area (Å²) in [5.74, 6) is 0.994. The molecule has 0 heterocycles. The van der Waals surface area contributed by atoms with Gasteiger partial charge in [-0.05, 0) is 32.9 Å². The fraction of sp³-hybridized carbons (Fsp3) is 0.333. The van der Waals surface area contributed by atoms with E-state index >= 15 is 0 Å². The van der Waals surface area contributed by atoms with E-state index in [9.17, 15) is 18.5 Å². The SMILES string of the molecule is COc1cc(OC)cc(Oc2ccc(S(=O)(=O)NC(C)(C)C)cc2[N+](=O)[O-])c1.